The van der Waals surface area contributed by atoms with E-state index in [0.29, 0.717) is 10.7 Å². The molecule has 0 saturated carbocycles. The van der Waals surface area contributed by atoms with Crippen LogP contribution in [0.5, 0.6) is 5.75 Å². The van der Waals surface area contributed by atoms with Crippen molar-refractivity contribution in [2.45, 2.75) is 13.8 Å². The van der Waals surface area contributed by atoms with Crippen LogP contribution in [0.2, 0.25) is 5.02 Å². The van der Waals surface area contributed by atoms with E-state index in [1.54, 1.807) is 24.3 Å². The molecule has 0 bridgehead atoms. The lowest BCUT2D eigenvalue weighted by Crippen LogP contribution is -2.20. The molecule has 0 unspecified atom stereocenters. The second-order valence-electron chi connectivity index (χ2n) is 4.72. The monoisotopic (exact) mass is 367 g/mol. The third kappa shape index (κ3) is 4.48. The van der Waals surface area contributed by atoms with Gasteiger partial charge in [0.2, 0.25) is 0 Å². The molecule has 0 radical (unpaired) electrons. The van der Waals surface area contributed by atoms with E-state index >= 15 is 0 Å². The van der Waals surface area contributed by atoms with Crippen LogP contribution in [0.25, 0.3) is 0 Å². The number of anilines is 1. The molecule has 5 heteroatoms. The highest BCUT2D eigenvalue weighted by atomic mass is 79.9. The first-order valence-electron chi connectivity index (χ1n) is 6.40. The Morgan fingerprint density at radius 1 is 1.24 bits per heavy atom. The maximum atomic E-state index is 11.9. The van der Waals surface area contributed by atoms with Crippen molar-refractivity contribution in [3.05, 3.63) is 57.0 Å². The third-order valence-electron chi connectivity index (χ3n) is 2.88. The zero-order chi connectivity index (χ0) is 15.4. The molecule has 0 atom stereocenters. The first kappa shape index (κ1) is 15.9. The number of carbonyl (C=O) groups excluding carboxylic acids is 1. The molecule has 0 aromatic heterocycles. The minimum Gasteiger partial charge on any atom is -0.483 e. The van der Waals surface area contributed by atoms with Crippen LogP contribution >= 0.6 is 27.5 Å². The Balaban J connectivity index is 1.99. The number of halogens is 2. The minimum absolute atomic E-state index is 0.0458. The Morgan fingerprint density at radius 2 is 1.90 bits per heavy atom. The molecule has 21 heavy (non-hydrogen) atoms. The van der Waals surface area contributed by atoms with Crippen LogP contribution < -0.4 is 10.1 Å². The van der Waals surface area contributed by atoms with Gasteiger partial charge in [-0.2, -0.15) is 0 Å². The van der Waals surface area contributed by atoms with Gasteiger partial charge in [0.1, 0.15) is 5.75 Å². The number of rotatable bonds is 4. The quantitative estimate of drug-likeness (QED) is 0.846. The summed E-state index contributed by atoms with van der Waals surface area (Å²) in [6, 6.07) is 10.9. The van der Waals surface area contributed by atoms with Crippen molar-refractivity contribution in [1.82, 2.24) is 0 Å². The van der Waals surface area contributed by atoms with E-state index in [9.17, 15) is 4.79 Å². The first-order valence-corrected chi connectivity index (χ1v) is 7.58. The number of carbonyl (C=O) groups is 1. The summed E-state index contributed by atoms with van der Waals surface area (Å²) in [5.41, 5.74) is 2.62. The second kappa shape index (κ2) is 6.96. The van der Waals surface area contributed by atoms with Gasteiger partial charge in [-0.3, -0.25) is 4.79 Å². The Kier molecular flexibility index (Phi) is 5.26. The normalized spacial score (nSPS) is 10.3. The summed E-state index contributed by atoms with van der Waals surface area (Å²) in [6.45, 7) is 3.85. The Bertz CT molecular complexity index is 650. The van der Waals surface area contributed by atoms with E-state index in [-0.39, 0.29) is 12.5 Å². The number of ether oxygens (including phenoxy) is 1. The highest BCUT2D eigenvalue weighted by Gasteiger charge is 2.09. The standard InChI is InChI=1S/C16H15BrClNO2/c1-10-6-12(17)7-11(2)16(10)21-9-15(20)19-14-5-3-4-13(18)8-14/h3-8H,9H2,1-2H3,(H,19,20). The highest BCUT2D eigenvalue weighted by molar-refractivity contribution is 9.10. The smallest absolute Gasteiger partial charge is 0.262 e. The predicted octanol–water partition coefficient (Wildman–Crippen LogP) is 4.74. The Labute approximate surface area is 137 Å². The molecule has 0 spiro atoms. The van der Waals surface area contributed by atoms with Crippen LogP contribution in [0.1, 0.15) is 11.1 Å². The molecule has 0 heterocycles. The summed E-state index contributed by atoms with van der Waals surface area (Å²) >= 11 is 9.30. The molecular weight excluding hydrogens is 354 g/mol. The first-order chi connectivity index (χ1) is 9.95. The van der Waals surface area contributed by atoms with Crippen LogP contribution in [0.4, 0.5) is 5.69 Å². The van der Waals surface area contributed by atoms with Gasteiger partial charge in [0.05, 0.1) is 0 Å². The largest absolute Gasteiger partial charge is 0.483 e. The molecule has 0 aliphatic carbocycles. The van der Waals surface area contributed by atoms with E-state index < -0.39 is 0 Å². The Hall–Kier alpha value is -1.52. The van der Waals surface area contributed by atoms with Crippen LogP contribution in [0.15, 0.2) is 40.9 Å². The SMILES string of the molecule is Cc1cc(Br)cc(C)c1OCC(=O)Nc1cccc(Cl)c1. The topological polar surface area (TPSA) is 38.3 Å². The van der Waals surface area contributed by atoms with E-state index in [4.69, 9.17) is 16.3 Å². The van der Waals surface area contributed by atoms with Gasteiger partial charge in [0, 0.05) is 15.2 Å². The van der Waals surface area contributed by atoms with Gasteiger partial charge in [-0.1, -0.05) is 33.6 Å². The molecule has 110 valence electrons. The van der Waals surface area contributed by atoms with Gasteiger partial charge in [0.25, 0.3) is 5.91 Å². The zero-order valence-corrected chi connectivity index (χ0v) is 14.1. The third-order valence-corrected chi connectivity index (χ3v) is 3.57. The summed E-state index contributed by atoms with van der Waals surface area (Å²) < 4.78 is 6.61. The van der Waals surface area contributed by atoms with Crippen molar-refractivity contribution in [3.8, 4) is 5.75 Å². The molecule has 1 amide bonds. The van der Waals surface area contributed by atoms with Crippen molar-refractivity contribution in [2.24, 2.45) is 0 Å². The van der Waals surface area contributed by atoms with Crippen LogP contribution in [0, 0.1) is 13.8 Å². The molecule has 1 N–H and O–H groups in total. The summed E-state index contributed by atoms with van der Waals surface area (Å²) in [6.07, 6.45) is 0. The molecule has 3 nitrogen and oxygen atoms in total. The molecule has 0 saturated heterocycles. The van der Waals surface area contributed by atoms with Crippen molar-refractivity contribution in [3.63, 3.8) is 0 Å². The molecule has 0 fully saturated rings. The van der Waals surface area contributed by atoms with Crippen LogP contribution in [-0.2, 0) is 4.79 Å². The van der Waals surface area contributed by atoms with Gasteiger partial charge in [-0.05, 0) is 55.3 Å². The minimum atomic E-state index is -0.223. The lowest BCUT2D eigenvalue weighted by Gasteiger charge is -2.12. The molecule has 2 rings (SSSR count). The number of nitrogens with one attached hydrogen (secondary N) is 1. The fraction of sp³-hybridized carbons (Fsp3) is 0.188. The van der Waals surface area contributed by atoms with E-state index in [2.05, 4.69) is 21.2 Å². The molecule has 2 aromatic rings. The molecule has 2 aromatic carbocycles. The Morgan fingerprint density at radius 3 is 2.52 bits per heavy atom. The second-order valence-corrected chi connectivity index (χ2v) is 6.07. The van der Waals surface area contributed by atoms with Crippen molar-refractivity contribution >= 4 is 39.1 Å². The van der Waals surface area contributed by atoms with Crippen LogP contribution in [0.3, 0.4) is 0 Å². The van der Waals surface area contributed by atoms with E-state index in [1.807, 2.05) is 26.0 Å². The average molecular weight is 369 g/mol. The lowest BCUT2D eigenvalue weighted by atomic mass is 10.1. The van der Waals surface area contributed by atoms with Crippen LogP contribution in [-0.4, -0.2) is 12.5 Å². The van der Waals surface area contributed by atoms with Gasteiger partial charge >= 0.3 is 0 Å². The summed E-state index contributed by atoms with van der Waals surface area (Å²) in [4.78, 5) is 11.9. The average Bonchev–Trinajstić information content (AvgIpc) is 2.37. The predicted molar refractivity (Wildman–Crippen MR) is 89.2 cm³/mol. The maximum absolute atomic E-state index is 11.9. The number of aryl methyl sites for hydroxylation is 2. The highest BCUT2D eigenvalue weighted by Crippen LogP contribution is 2.27. The van der Waals surface area contributed by atoms with Gasteiger partial charge in [0.15, 0.2) is 6.61 Å². The van der Waals surface area contributed by atoms with E-state index in [0.717, 1.165) is 21.3 Å². The van der Waals surface area contributed by atoms with Crippen molar-refractivity contribution < 1.29 is 9.53 Å². The maximum Gasteiger partial charge on any atom is 0.262 e. The fourth-order valence-corrected chi connectivity index (χ4v) is 2.90. The number of hydrogen-bond acceptors (Lipinski definition) is 2. The van der Waals surface area contributed by atoms with Crippen molar-refractivity contribution in [1.29, 1.82) is 0 Å². The molecule has 0 aliphatic heterocycles. The van der Waals surface area contributed by atoms with Gasteiger partial charge in [-0.15, -0.1) is 0 Å². The van der Waals surface area contributed by atoms with Crippen molar-refractivity contribution in [2.75, 3.05) is 11.9 Å². The number of amides is 1. The summed E-state index contributed by atoms with van der Waals surface area (Å²) in [7, 11) is 0. The molecule has 0 aliphatic rings. The van der Waals surface area contributed by atoms with Gasteiger partial charge in [-0.25, -0.2) is 0 Å². The zero-order valence-electron chi connectivity index (χ0n) is 11.7. The summed E-state index contributed by atoms with van der Waals surface area (Å²) in [5, 5.41) is 3.32. The number of benzene rings is 2. The number of hydrogen-bond donors (Lipinski definition) is 1. The van der Waals surface area contributed by atoms with E-state index in [1.165, 1.54) is 0 Å². The van der Waals surface area contributed by atoms with Gasteiger partial charge < -0.3 is 10.1 Å². The lowest BCUT2D eigenvalue weighted by molar-refractivity contribution is -0.118. The molecular formula is C16H15BrClNO2. The summed E-state index contributed by atoms with van der Waals surface area (Å²) in [5.74, 6) is 0.512. The fourth-order valence-electron chi connectivity index (χ4n) is 2.03.